The summed E-state index contributed by atoms with van der Waals surface area (Å²) in [6.45, 7) is 1.03. The lowest BCUT2D eigenvalue weighted by Gasteiger charge is -2.44. The summed E-state index contributed by atoms with van der Waals surface area (Å²) in [6.07, 6.45) is -10.8. The second-order valence-corrected chi connectivity index (χ2v) is 11.0. The van der Waals surface area contributed by atoms with Crippen molar-refractivity contribution in [1.82, 2.24) is 0 Å². The summed E-state index contributed by atoms with van der Waals surface area (Å²) in [7, 11) is 0. The van der Waals surface area contributed by atoms with Crippen molar-refractivity contribution in [2.45, 2.75) is 74.3 Å². The lowest BCUT2D eigenvalue weighted by molar-refractivity contribution is -0.337. The normalized spacial score (nSPS) is 32.9. The van der Waals surface area contributed by atoms with E-state index in [9.17, 15) is 40.5 Å². The molecule has 0 saturated carbocycles. The zero-order valence-corrected chi connectivity index (χ0v) is 22.7. The van der Waals surface area contributed by atoms with E-state index >= 15 is 0 Å². The number of hydrogen-bond acceptors (Lipinski definition) is 15. The molecule has 232 valence electrons. The van der Waals surface area contributed by atoms with Gasteiger partial charge in [-0.1, -0.05) is 0 Å². The molecule has 2 saturated heterocycles. The summed E-state index contributed by atoms with van der Waals surface area (Å²) in [4.78, 5) is 11.7. The Bertz CT molecular complexity index is 1430. The van der Waals surface area contributed by atoms with E-state index in [1.807, 2.05) is 0 Å². The molecule has 0 radical (unpaired) electrons. The first-order valence-corrected chi connectivity index (χ1v) is 13.2. The summed E-state index contributed by atoms with van der Waals surface area (Å²) in [6, 6.07) is 5.97. The number of fused-ring (bicyclic) bond motifs is 2. The van der Waals surface area contributed by atoms with Crippen LogP contribution in [0.1, 0.15) is 13.8 Å². The van der Waals surface area contributed by atoms with Crippen LogP contribution >= 0.6 is 0 Å². The van der Waals surface area contributed by atoms with Crippen LogP contribution in [0, 0.1) is 0 Å². The third kappa shape index (κ3) is 5.78. The van der Waals surface area contributed by atoms with Crippen LogP contribution in [0.4, 0.5) is 0 Å². The zero-order chi connectivity index (χ0) is 30.4. The molecule has 0 aliphatic carbocycles. The third-order valence-corrected chi connectivity index (χ3v) is 7.59. The molecule has 1 aromatic carbocycles. The van der Waals surface area contributed by atoms with Gasteiger partial charge in [0.05, 0.1) is 42.5 Å². The van der Waals surface area contributed by atoms with Crippen molar-refractivity contribution in [3.8, 4) is 5.75 Å². The molecule has 15 heteroatoms. The van der Waals surface area contributed by atoms with Gasteiger partial charge < -0.3 is 68.3 Å². The van der Waals surface area contributed by atoms with Crippen LogP contribution in [0.2, 0.25) is 0 Å². The van der Waals surface area contributed by atoms with Crippen molar-refractivity contribution in [2.75, 3.05) is 26.4 Å². The Morgan fingerprint density at radius 3 is 2.50 bits per heavy atom. The van der Waals surface area contributed by atoms with E-state index in [1.165, 1.54) is 32.2 Å². The minimum absolute atomic E-state index is 0.223. The van der Waals surface area contributed by atoms with Crippen LogP contribution in [-0.2, 0) is 18.9 Å². The number of ether oxygens (including phenoxy) is 5. The summed E-state index contributed by atoms with van der Waals surface area (Å²) in [5, 5.41) is 73.1. The Labute approximate surface area is 238 Å². The largest absolute Gasteiger partial charge is 0.489 e. The van der Waals surface area contributed by atoms with Gasteiger partial charge in [-0.3, -0.25) is 0 Å². The maximum atomic E-state index is 11.7. The Balaban J connectivity index is 1.25. The fourth-order valence-corrected chi connectivity index (χ4v) is 4.78. The van der Waals surface area contributed by atoms with Gasteiger partial charge >= 0.3 is 5.63 Å². The van der Waals surface area contributed by atoms with Gasteiger partial charge in [-0.2, -0.15) is 0 Å². The van der Waals surface area contributed by atoms with E-state index in [1.54, 1.807) is 12.1 Å². The highest BCUT2D eigenvalue weighted by Gasteiger charge is 2.51. The number of aliphatic hydroxyl groups is 7. The van der Waals surface area contributed by atoms with Gasteiger partial charge in [-0.05, 0) is 26.0 Å². The second-order valence-electron chi connectivity index (χ2n) is 11.0. The molecule has 0 bridgehead atoms. The van der Waals surface area contributed by atoms with Crippen LogP contribution in [0.5, 0.6) is 5.75 Å². The highest BCUT2D eigenvalue weighted by molar-refractivity contribution is 6.01. The van der Waals surface area contributed by atoms with Crippen LogP contribution in [0.25, 0.3) is 21.9 Å². The quantitative estimate of drug-likeness (QED) is 0.129. The average Bonchev–Trinajstić information content (AvgIpc) is 3.54. The van der Waals surface area contributed by atoms with Crippen LogP contribution in [0.15, 0.2) is 44.2 Å². The molecule has 0 spiro atoms. The minimum atomic E-state index is -1.93. The standard InChI is InChI=1S/C27H34O15/c1-26(2,17(29)9-37-22-12-3-4-18(30)40-15(12)7-14-13(22)5-6-36-14)42-24-21(33)20(32)19(31)16(41-24)8-38-25-23(34)27(35,10-28)11-39-25/h3-7,16-17,19-21,23-25,28-29,31-35H,8-11H2,1-2H3. The number of hydrogen-bond donors (Lipinski definition) is 7. The van der Waals surface area contributed by atoms with Crippen molar-refractivity contribution in [3.05, 3.63) is 40.9 Å². The predicted molar refractivity (Wildman–Crippen MR) is 139 cm³/mol. The van der Waals surface area contributed by atoms with Crippen molar-refractivity contribution in [3.63, 3.8) is 0 Å². The van der Waals surface area contributed by atoms with Gasteiger partial charge in [0.2, 0.25) is 0 Å². The molecule has 4 heterocycles. The van der Waals surface area contributed by atoms with E-state index in [0.717, 1.165) is 0 Å². The van der Waals surface area contributed by atoms with E-state index in [2.05, 4.69) is 0 Å². The first kappa shape index (κ1) is 30.8. The Morgan fingerprint density at radius 1 is 1.05 bits per heavy atom. The summed E-state index contributed by atoms with van der Waals surface area (Å²) in [5.74, 6) is 0.295. The summed E-state index contributed by atoms with van der Waals surface area (Å²) in [5.41, 5.74) is -3.32. The maximum Gasteiger partial charge on any atom is 0.336 e. The molecule has 15 nitrogen and oxygen atoms in total. The van der Waals surface area contributed by atoms with E-state index in [4.69, 9.17) is 32.5 Å². The number of aliphatic hydroxyl groups excluding tert-OH is 6. The molecule has 3 aromatic rings. The van der Waals surface area contributed by atoms with Gasteiger partial charge in [0.15, 0.2) is 12.6 Å². The Hall–Kier alpha value is -2.67. The minimum Gasteiger partial charge on any atom is -0.489 e. The summed E-state index contributed by atoms with van der Waals surface area (Å²) < 4.78 is 38.7. The van der Waals surface area contributed by atoms with Crippen molar-refractivity contribution < 1.29 is 68.3 Å². The first-order valence-electron chi connectivity index (χ1n) is 13.2. The van der Waals surface area contributed by atoms with Gasteiger partial charge in [-0.25, -0.2) is 4.79 Å². The van der Waals surface area contributed by atoms with Gasteiger partial charge in [0.25, 0.3) is 0 Å². The molecule has 9 unspecified atom stereocenters. The van der Waals surface area contributed by atoms with Crippen LogP contribution in [0.3, 0.4) is 0 Å². The zero-order valence-electron chi connectivity index (χ0n) is 22.7. The molecule has 2 fully saturated rings. The van der Waals surface area contributed by atoms with E-state index in [-0.39, 0.29) is 12.2 Å². The topological polar surface area (TPSA) is 231 Å². The summed E-state index contributed by atoms with van der Waals surface area (Å²) >= 11 is 0. The number of rotatable bonds is 10. The smallest absolute Gasteiger partial charge is 0.336 e. The molecule has 2 aliphatic rings. The molecule has 2 aromatic heterocycles. The van der Waals surface area contributed by atoms with Gasteiger partial charge in [-0.15, -0.1) is 0 Å². The first-order chi connectivity index (χ1) is 19.8. The van der Waals surface area contributed by atoms with Crippen molar-refractivity contribution >= 4 is 21.9 Å². The SMILES string of the molecule is CC(C)(OC1OC(COC2OCC(O)(CO)C2O)C(O)C(O)C1O)C(O)COc1c2ccoc2cc2oc(=O)ccc12. The van der Waals surface area contributed by atoms with E-state index in [0.29, 0.717) is 22.1 Å². The fraction of sp³-hybridized carbons (Fsp3) is 0.593. The lowest BCUT2D eigenvalue weighted by Crippen LogP contribution is -2.62. The Kier molecular flexibility index (Phi) is 8.63. The van der Waals surface area contributed by atoms with Crippen LogP contribution < -0.4 is 10.4 Å². The molecule has 0 amide bonds. The molecule has 9 atom stereocenters. The average molecular weight is 599 g/mol. The highest BCUT2D eigenvalue weighted by atomic mass is 16.7. The van der Waals surface area contributed by atoms with E-state index < -0.39 is 85.9 Å². The van der Waals surface area contributed by atoms with Gasteiger partial charge in [0, 0.05) is 12.1 Å². The molecule has 42 heavy (non-hydrogen) atoms. The second kappa shape index (κ2) is 11.8. The molecular formula is C27H34O15. The van der Waals surface area contributed by atoms with Gasteiger partial charge in [0.1, 0.15) is 65.7 Å². The fourth-order valence-electron chi connectivity index (χ4n) is 4.78. The molecule has 5 rings (SSSR count). The number of furan rings is 1. The highest BCUT2D eigenvalue weighted by Crippen LogP contribution is 2.36. The van der Waals surface area contributed by atoms with Crippen molar-refractivity contribution in [2.24, 2.45) is 0 Å². The molecule has 7 N–H and O–H groups in total. The maximum absolute atomic E-state index is 11.7. The Morgan fingerprint density at radius 2 is 1.79 bits per heavy atom. The van der Waals surface area contributed by atoms with Crippen molar-refractivity contribution in [1.29, 1.82) is 0 Å². The molecular weight excluding hydrogens is 564 g/mol. The van der Waals surface area contributed by atoms with Crippen LogP contribution in [-0.4, -0.2) is 123 Å². The molecule has 2 aliphatic heterocycles. The lowest BCUT2D eigenvalue weighted by atomic mass is 9.97. The predicted octanol–water partition coefficient (Wildman–Crippen LogP) is -1.66. The monoisotopic (exact) mass is 598 g/mol. The third-order valence-electron chi connectivity index (χ3n) is 7.59. The number of benzene rings is 1.